The molecule has 0 unspecified atom stereocenters. The Kier molecular flexibility index (Phi) is 6.20. The SMILES string of the molecule is CN(C)C/C=C/C(=O)N(C)c1cccc2c1CNC2.Cl. The number of amides is 1. The summed E-state index contributed by atoms with van der Waals surface area (Å²) in [6.45, 7) is 2.50. The number of fused-ring (bicyclic) bond motifs is 1. The predicted molar refractivity (Wildman–Crippen MR) is 85.3 cm³/mol. The number of halogens is 1. The van der Waals surface area contributed by atoms with Crippen LogP contribution in [0.3, 0.4) is 0 Å². The van der Waals surface area contributed by atoms with Crippen molar-refractivity contribution in [3.8, 4) is 0 Å². The molecule has 1 aliphatic rings. The zero-order valence-corrected chi connectivity index (χ0v) is 13.0. The molecule has 0 radical (unpaired) electrons. The van der Waals surface area contributed by atoms with Gasteiger partial charge in [0.15, 0.2) is 0 Å². The van der Waals surface area contributed by atoms with Gasteiger partial charge in [0, 0.05) is 38.4 Å². The largest absolute Gasteiger partial charge is 0.312 e. The molecule has 0 atom stereocenters. The molecule has 1 aliphatic heterocycles. The average molecular weight is 296 g/mol. The summed E-state index contributed by atoms with van der Waals surface area (Å²) in [5.41, 5.74) is 3.52. The summed E-state index contributed by atoms with van der Waals surface area (Å²) in [4.78, 5) is 15.9. The van der Waals surface area contributed by atoms with E-state index in [-0.39, 0.29) is 18.3 Å². The van der Waals surface area contributed by atoms with Crippen LogP contribution in [0.4, 0.5) is 5.69 Å². The fourth-order valence-electron chi connectivity index (χ4n) is 2.22. The number of anilines is 1. The predicted octanol–water partition coefficient (Wildman–Crippen LogP) is 1.79. The fraction of sp³-hybridized carbons (Fsp3) is 0.400. The van der Waals surface area contributed by atoms with Crippen LogP contribution in [-0.4, -0.2) is 38.5 Å². The Hall–Kier alpha value is -1.36. The van der Waals surface area contributed by atoms with Crippen LogP contribution in [-0.2, 0) is 17.9 Å². The Balaban J connectivity index is 0.00000200. The summed E-state index contributed by atoms with van der Waals surface area (Å²) in [7, 11) is 5.79. The Morgan fingerprint density at radius 3 is 2.75 bits per heavy atom. The van der Waals surface area contributed by atoms with Crippen molar-refractivity contribution in [2.24, 2.45) is 0 Å². The summed E-state index contributed by atoms with van der Waals surface area (Å²) in [5.74, 6) is 0.0159. The van der Waals surface area contributed by atoms with Crippen molar-refractivity contribution < 1.29 is 4.79 Å². The van der Waals surface area contributed by atoms with Gasteiger partial charge < -0.3 is 15.1 Å². The quantitative estimate of drug-likeness (QED) is 0.860. The van der Waals surface area contributed by atoms with Gasteiger partial charge in [-0.05, 0) is 31.3 Å². The summed E-state index contributed by atoms with van der Waals surface area (Å²) in [6, 6.07) is 6.12. The lowest BCUT2D eigenvalue weighted by molar-refractivity contribution is -0.113. The molecule has 0 fully saturated rings. The van der Waals surface area contributed by atoms with Crippen molar-refractivity contribution in [3.05, 3.63) is 41.5 Å². The molecule has 5 heteroatoms. The highest BCUT2D eigenvalue weighted by atomic mass is 35.5. The Labute approximate surface area is 126 Å². The number of carbonyl (C=O) groups is 1. The smallest absolute Gasteiger partial charge is 0.250 e. The number of nitrogens with one attached hydrogen (secondary N) is 1. The molecule has 1 aromatic rings. The third kappa shape index (κ3) is 3.82. The maximum atomic E-state index is 12.1. The standard InChI is InChI=1S/C15H21N3O.ClH/c1-17(2)9-5-8-15(19)18(3)14-7-4-6-12-10-16-11-13(12)14;/h4-8,16H,9-11H2,1-3H3;1H/b8-5+;. The van der Waals surface area contributed by atoms with E-state index in [1.54, 1.807) is 11.0 Å². The molecule has 1 aromatic carbocycles. The van der Waals surface area contributed by atoms with Crippen molar-refractivity contribution in [1.29, 1.82) is 0 Å². The van der Waals surface area contributed by atoms with Gasteiger partial charge in [0.2, 0.25) is 5.91 Å². The van der Waals surface area contributed by atoms with Gasteiger partial charge >= 0.3 is 0 Å². The number of hydrogen-bond acceptors (Lipinski definition) is 3. The number of hydrogen-bond donors (Lipinski definition) is 1. The first kappa shape index (κ1) is 16.7. The molecule has 110 valence electrons. The van der Waals surface area contributed by atoms with Crippen molar-refractivity contribution in [1.82, 2.24) is 10.2 Å². The van der Waals surface area contributed by atoms with E-state index in [0.717, 1.165) is 25.3 Å². The highest BCUT2D eigenvalue weighted by Crippen LogP contribution is 2.26. The fourth-order valence-corrected chi connectivity index (χ4v) is 2.22. The first-order valence-electron chi connectivity index (χ1n) is 6.50. The molecule has 0 saturated carbocycles. The summed E-state index contributed by atoms with van der Waals surface area (Å²) in [6.07, 6.45) is 3.53. The maximum absolute atomic E-state index is 12.1. The number of benzene rings is 1. The lowest BCUT2D eigenvalue weighted by atomic mass is 10.1. The van der Waals surface area contributed by atoms with Gasteiger partial charge in [0.1, 0.15) is 0 Å². The van der Waals surface area contributed by atoms with Gasteiger partial charge in [-0.25, -0.2) is 0 Å². The molecule has 2 rings (SSSR count). The summed E-state index contributed by atoms with van der Waals surface area (Å²) in [5, 5.41) is 3.32. The number of likely N-dealkylation sites (N-methyl/N-ethyl adjacent to an activating group) is 2. The topological polar surface area (TPSA) is 35.6 Å². The maximum Gasteiger partial charge on any atom is 0.250 e. The van der Waals surface area contributed by atoms with E-state index in [4.69, 9.17) is 0 Å². The van der Waals surface area contributed by atoms with E-state index in [1.165, 1.54) is 11.1 Å². The normalized spacial score (nSPS) is 13.4. The third-order valence-electron chi connectivity index (χ3n) is 3.29. The number of rotatable bonds is 4. The minimum atomic E-state index is 0. The van der Waals surface area contributed by atoms with Crippen molar-refractivity contribution >= 4 is 24.0 Å². The molecule has 20 heavy (non-hydrogen) atoms. The highest BCUT2D eigenvalue weighted by molar-refractivity contribution is 6.01. The zero-order chi connectivity index (χ0) is 13.8. The lowest BCUT2D eigenvalue weighted by Gasteiger charge is -2.19. The molecule has 0 bridgehead atoms. The average Bonchev–Trinajstić information content (AvgIpc) is 2.85. The van der Waals surface area contributed by atoms with Crippen LogP contribution < -0.4 is 10.2 Å². The van der Waals surface area contributed by atoms with Crippen LogP contribution in [0.5, 0.6) is 0 Å². The van der Waals surface area contributed by atoms with E-state index in [2.05, 4.69) is 11.4 Å². The second kappa shape index (κ2) is 7.43. The van der Waals surface area contributed by atoms with Crippen molar-refractivity contribution in [2.45, 2.75) is 13.1 Å². The molecule has 0 spiro atoms. The van der Waals surface area contributed by atoms with Gasteiger partial charge in [0.25, 0.3) is 0 Å². The van der Waals surface area contributed by atoms with Crippen LogP contribution in [0, 0.1) is 0 Å². The lowest BCUT2D eigenvalue weighted by Crippen LogP contribution is -2.25. The van der Waals surface area contributed by atoms with E-state index < -0.39 is 0 Å². The van der Waals surface area contributed by atoms with Gasteiger partial charge in [-0.2, -0.15) is 0 Å². The van der Waals surface area contributed by atoms with Crippen LogP contribution in [0.25, 0.3) is 0 Å². The zero-order valence-electron chi connectivity index (χ0n) is 12.2. The van der Waals surface area contributed by atoms with Crippen LogP contribution in [0.2, 0.25) is 0 Å². The second-order valence-corrected chi connectivity index (χ2v) is 5.08. The molecule has 1 heterocycles. The molecule has 0 aromatic heterocycles. The van der Waals surface area contributed by atoms with Crippen LogP contribution in [0.15, 0.2) is 30.4 Å². The minimum absolute atomic E-state index is 0. The first-order chi connectivity index (χ1) is 9.09. The van der Waals surface area contributed by atoms with Crippen molar-refractivity contribution in [2.75, 3.05) is 32.6 Å². The molecule has 1 amide bonds. The molecule has 1 N–H and O–H groups in total. The molecule has 4 nitrogen and oxygen atoms in total. The van der Waals surface area contributed by atoms with Gasteiger partial charge in [-0.15, -0.1) is 12.4 Å². The van der Waals surface area contributed by atoms with E-state index in [1.807, 2.05) is 44.3 Å². The Morgan fingerprint density at radius 2 is 2.05 bits per heavy atom. The van der Waals surface area contributed by atoms with Crippen molar-refractivity contribution in [3.63, 3.8) is 0 Å². The highest BCUT2D eigenvalue weighted by Gasteiger charge is 2.18. The Morgan fingerprint density at radius 1 is 1.30 bits per heavy atom. The molecule has 0 aliphatic carbocycles. The van der Waals surface area contributed by atoms with Gasteiger partial charge in [-0.3, -0.25) is 4.79 Å². The third-order valence-corrected chi connectivity index (χ3v) is 3.29. The second-order valence-electron chi connectivity index (χ2n) is 5.08. The first-order valence-corrected chi connectivity index (χ1v) is 6.50. The van der Waals surface area contributed by atoms with Crippen LogP contribution in [0.1, 0.15) is 11.1 Å². The monoisotopic (exact) mass is 295 g/mol. The number of nitrogens with zero attached hydrogens (tertiary/aromatic N) is 2. The van der Waals surface area contributed by atoms with Gasteiger partial charge in [0.05, 0.1) is 0 Å². The van der Waals surface area contributed by atoms with E-state index >= 15 is 0 Å². The molecule has 0 saturated heterocycles. The van der Waals surface area contributed by atoms with E-state index in [0.29, 0.717) is 0 Å². The summed E-state index contributed by atoms with van der Waals surface area (Å²) < 4.78 is 0. The molecular formula is C15H22ClN3O. The van der Waals surface area contributed by atoms with E-state index in [9.17, 15) is 4.79 Å². The van der Waals surface area contributed by atoms with Crippen LogP contribution >= 0.6 is 12.4 Å². The minimum Gasteiger partial charge on any atom is -0.312 e. The Bertz CT molecular complexity index is 500. The summed E-state index contributed by atoms with van der Waals surface area (Å²) >= 11 is 0. The van der Waals surface area contributed by atoms with Gasteiger partial charge in [-0.1, -0.05) is 18.2 Å². The molecular weight excluding hydrogens is 274 g/mol. The number of carbonyl (C=O) groups excluding carboxylic acids is 1.